The third-order valence-electron chi connectivity index (χ3n) is 6.38. The molecule has 1 fully saturated rings. The number of rotatable bonds is 9. The SMILES string of the molecule is Cc1ccc(S(=O)(=O)N(CC(=O)NCc2cccc(CN3CCCC3=O)c2)c2cccc(C(F)(F)F)c2)cc1. The first kappa shape index (κ1) is 28.2. The number of carbonyl (C=O) groups excluding carboxylic acids is 2. The summed E-state index contributed by atoms with van der Waals surface area (Å²) in [4.78, 5) is 26.5. The van der Waals surface area contributed by atoms with Crippen molar-refractivity contribution in [3.63, 3.8) is 0 Å². The number of carbonyl (C=O) groups is 2. The molecule has 39 heavy (non-hydrogen) atoms. The summed E-state index contributed by atoms with van der Waals surface area (Å²) in [5, 5.41) is 2.66. The first-order valence-corrected chi connectivity index (χ1v) is 13.8. The fourth-order valence-electron chi connectivity index (χ4n) is 4.31. The molecule has 0 bridgehead atoms. The topological polar surface area (TPSA) is 86.8 Å². The van der Waals surface area contributed by atoms with E-state index in [1.807, 2.05) is 12.1 Å². The van der Waals surface area contributed by atoms with Gasteiger partial charge in [-0.05, 0) is 54.8 Å². The summed E-state index contributed by atoms with van der Waals surface area (Å²) in [6.45, 7) is 2.27. The molecule has 0 saturated carbocycles. The van der Waals surface area contributed by atoms with E-state index in [0.717, 1.165) is 35.2 Å². The van der Waals surface area contributed by atoms with Gasteiger partial charge in [-0.15, -0.1) is 0 Å². The second-order valence-electron chi connectivity index (χ2n) is 9.39. The Morgan fingerprint density at radius 1 is 1.00 bits per heavy atom. The molecule has 2 amide bonds. The lowest BCUT2D eigenvalue weighted by molar-refractivity contribution is -0.137. The molecule has 0 aromatic heterocycles. The van der Waals surface area contributed by atoms with Crippen molar-refractivity contribution in [1.29, 1.82) is 0 Å². The van der Waals surface area contributed by atoms with E-state index in [4.69, 9.17) is 0 Å². The van der Waals surface area contributed by atoms with E-state index in [1.165, 1.54) is 18.2 Å². The van der Waals surface area contributed by atoms with Crippen LogP contribution in [-0.4, -0.2) is 38.2 Å². The number of alkyl halides is 3. The lowest BCUT2D eigenvalue weighted by atomic mass is 10.1. The quantitative estimate of drug-likeness (QED) is 0.414. The van der Waals surface area contributed by atoms with Crippen LogP contribution in [0.5, 0.6) is 0 Å². The maximum atomic E-state index is 13.5. The van der Waals surface area contributed by atoms with Crippen LogP contribution >= 0.6 is 0 Å². The highest BCUT2D eigenvalue weighted by atomic mass is 32.2. The molecule has 11 heteroatoms. The van der Waals surface area contributed by atoms with Crippen LogP contribution in [0.4, 0.5) is 18.9 Å². The molecule has 1 N–H and O–H groups in total. The molecule has 3 aromatic rings. The molecule has 4 rings (SSSR count). The minimum atomic E-state index is -4.69. The van der Waals surface area contributed by atoms with Crippen molar-refractivity contribution in [2.75, 3.05) is 17.4 Å². The van der Waals surface area contributed by atoms with Crippen molar-refractivity contribution in [1.82, 2.24) is 10.2 Å². The average Bonchev–Trinajstić information content (AvgIpc) is 3.30. The monoisotopic (exact) mass is 559 g/mol. The van der Waals surface area contributed by atoms with Crippen LogP contribution < -0.4 is 9.62 Å². The van der Waals surface area contributed by atoms with Crippen LogP contribution in [0.2, 0.25) is 0 Å². The Bertz CT molecular complexity index is 1460. The van der Waals surface area contributed by atoms with Gasteiger partial charge in [0.05, 0.1) is 16.1 Å². The van der Waals surface area contributed by atoms with E-state index < -0.39 is 34.2 Å². The Kier molecular flexibility index (Phi) is 8.29. The molecule has 1 aliphatic rings. The number of anilines is 1. The van der Waals surface area contributed by atoms with Gasteiger partial charge in [0.15, 0.2) is 0 Å². The van der Waals surface area contributed by atoms with Gasteiger partial charge in [-0.2, -0.15) is 13.2 Å². The summed E-state index contributed by atoms with van der Waals surface area (Å²) in [5.41, 5.74) is 1.12. The van der Waals surface area contributed by atoms with Crippen molar-refractivity contribution in [2.45, 2.75) is 43.9 Å². The Morgan fingerprint density at radius 3 is 2.36 bits per heavy atom. The number of nitrogens with zero attached hydrogens (tertiary/aromatic N) is 2. The van der Waals surface area contributed by atoms with Gasteiger partial charge in [0.2, 0.25) is 11.8 Å². The number of hydrogen-bond acceptors (Lipinski definition) is 4. The number of halogens is 3. The highest BCUT2D eigenvalue weighted by Gasteiger charge is 2.33. The smallest absolute Gasteiger partial charge is 0.350 e. The number of sulfonamides is 1. The fraction of sp³-hybridized carbons (Fsp3) is 0.286. The molecule has 0 aliphatic carbocycles. The number of nitrogens with one attached hydrogen (secondary N) is 1. The van der Waals surface area contributed by atoms with Crippen molar-refractivity contribution in [2.24, 2.45) is 0 Å². The predicted octanol–water partition coefficient (Wildman–Crippen LogP) is 4.65. The van der Waals surface area contributed by atoms with Crippen LogP contribution in [0.25, 0.3) is 0 Å². The maximum absolute atomic E-state index is 13.5. The number of hydrogen-bond donors (Lipinski definition) is 1. The Labute approximate surface area is 225 Å². The summed E-state index contributed by atoms with van der Waals surface area (Å²) in [5.74, 6) is -0.596. The van der Waals surface area contributed by atoms with Gasteiger partial charge in [0.25, 0.3) is 10.0 Å². The molecule has 1 heterocycles. The lowest BCUT2D eigenvalue weighted by Crippen LogP contribution is -2.40. The first-order valence-electron chi connectivity index (χ1n) is 12.3. The first-order chi connectivity index (χ1) is 18.4. The summed E-state index contributed by atoms with van der Waals surface area (Å²) in [6, 6.07) is 17.0. The number of aryl methyl sites for hydroxylation is 1. The predicted molar refractivity (Wildman–Crippen MR) is 140 cm³/mol. The minimum absolute atomic E-state index is 0.0711. The molecule has 0 spiro atoms. The summed E-state index contributed by atoms with van der Waals surface area (Å²) < 4.78 is 67.8. The molecule has 1 aliphatic heterocycles. The fourth-order valence-corrected chi connectivity index (χ4v) is 5.72. The summed E-state index contributed by atoms with van der Waals surface area (Å²) in [6.07, 6.45) is -3.34. The van der Waals surface area contributed by atoms with Gasteiger partial charge in [-0.1, -0.05) is 48.0 Å². The highest BCUT2D eigenvalue weighted by Crippen LogP contribution is 2.33. The van der Waals surface area contributed by atoms with Gasteiger partial charge in [0.1, 0.15) is 6.54 Å². The highest BCUT2D eigenvalue weighted by molar-refractivity contribution is 7.92. The number of likely N-dealkylation sites (tertiary alicyclic amines) is 1. The van der Waals surface area contributed by atoms with Crippen LogP contribution in [0, 0.1) is 6.92 Å². The van der Waals surface area contributed by atoms with E-state index in [9.17, 15) is 31.2 Å². The third-order valence-corrected chi connectivity index (χ3v) is 8.17. The van der Waals surface area contributed by atoms with Gasteiger partial charge in [-0.3, -0.25) is 13.9 Å². The van der Waals surface area contributed by atoms with E-state index in [2.05, 4.69) is 5.32 Å². The normalized spacial score (nSPS) is 13.9. The Hall–Kier alpha value is -3.86. The second kappa shape index (κ2) is 11.5. The van der Waals surface area contributed by atoms with Crippen LogP contribution in [0.1, 0.15) is 35.1 Å². The minimum Gasteiger partial charge on any atom is -0.350 e. The van der Waals surface area contributed by atoms with E-state index in [0.29, 0.717) is 29.9 Å². The van der Waals surface area contributed by atoms with E-state index in [-0.39, 0.29) is 23.0 Å². The molecule has 206 valence electrons. The van der Waals surface area contributed by atoms with Crippen LogP contribution in [0.3, 0.4) is 0 Å². The van der Waals surface area contributed by atoms with Crippen molar-refractivity contribution < 1.29 is 31.2 Å². The lowest BCUT2D eigenvalue weighted by Gasteiger charge is -2.25. The van der Waals surface area contributed by atoms with Crippen molar-refractivity contribution >= 4 is 27.5 Å². The molecule has 1 saturated heterocycles. The van der Waals surface area contributed by atoms with Crippen molar-refractivity contribution in [3.8, 4) is 0 Å². The second-order valence-corrected chi connectivity index (χ2v) is 11.3. The largest absolute Gasteiger partial charge is 0.416 e. The van der Waals surface area contributed by atoms with Gasteiger partial charge < -0.3 is 10.2 Å². The van der Waals surface area contributed by atoms with Gasteiger partial charge in [0, 0.05) is 26.1 Å². The zero-order valence-corrected chi connectivity index (χ0v) is 22.1. The van der Waals surface area contributed by atoms with Crippen LogP contribution in [0.15, 0.2) is 77.7 Å². The zero-order valence-electron chi connectivity index (χ0n) is 21.2. The third kappa shape index (κ3) is 6.97. The van der Waals surface area contributed by atoms with Crippen molar-refractivity contribution in [3.05, 3.63) is 95.1 Å². The number of amides is 2. The zero-order chi connectivity index (χ0) is 28.2. The maximum Gasteiger partial charge on any atom is 0.416 e. The molecule has 0 atom stereocenters. The van der Waals surface area contributed by atoms with E-state index >= 15 is 0 Å². The van der Waals surface area contributed by atoms with E-state index in [1.54, 1.807) is 36.1 Å². The van der Waals surface area contributed by atoms with Gasteiger partial charge in [-0.25, -0.2) is 8.42 Å². The number of benzene rings is 3. The van der Waals surface area contributed by atoms with Crippen LogP contribution in [-0.2, 0) is 38.9 Å². The molecular weight excluding hydrogens is 531 g/mol. The summed E-state index contributed by atoms with van der Waals surface area (Å²) in [7, 11) is -4.37. The Balaban J connectivity index is 1.53. The standard InChI is InChI=1S/C28H28F3N3O4S/c1-20-10-12-25(13-11-20)39(37,38)34(24-8-3-7-23(16-24)28(29,30)31)19-26(35)32-17-21-5-2-6-22(15-21)18-33-14-4-9-27(33)36/h2-3,5-8,10-13,15-16H,4,9,14,17-19H2,1H3,(H,32,35). The molecule has 7 nitrogen and oxygen atoms in total. The summed E-state index contributed by atoms with van der Waals surface area (Å²) >= 11 is 0. The van der Waals surface area contributed by atoms with Gasteiger partial charge >= 0.3 is 6.18 Å². The average molecular weight is 560 g/mol. The molecule has 0 radical (unpaired) electrons. The molecule has 0 unspecified atom stereocenters. The Morgan fingerprint density at radius 2 is 1.69 bits per heavy atom. The molecule has 3 aromatic carbocycles. The molecular formula is C28H28F3N3O4S.